The van der Waals surface area contributed by atoms with E-state index in [4.69, 9.17) is 4.74 Å². The highest BCUT2D eigenvalue weighted by Gasteiger charge is 2.60. The van der Waals surface area contributed by atoms with Crippen molar-refractivity contribution in [2.24, 2.45) is 17.8 Å². The second-order valence-electron chi connectivity index (χ2n) is 8.72. The molecule has 0 aromatic carbocycles. The standard InChI is InChI=1S/C19H32N2O/c1-2-19-12-21-10-8-13(19)11-17(21)18(22-19)15-7-9-20-16-6-4-3-5-14(15)16/h13-18,20H,2-12H2,1H3/t13-,14?,15?,16?,17+,18-,19+/m0/s1. The van der Waals surface area contributed by atoms with Gasteiger partial charge < -0.3 is 10.1 Å². The molecule has 0 amide bonds. The van der Waals surface area contributed by atoms with Crippen LogP contribution < -0.4 is 5.32 Å². The highest BCUT2D eigenvalue weighted by molar-refractivity contribution is 5.12. The van der Waals surface area contributed by atoms with E-state index in [1.165, 1.54) is 71.0 Å². The molecule has 6 heterocycles. The molecule has 0 aromatic heterocycles. The average Bonchev–Trinajstić information content (AvgIpc) is 2.61. The van der Waals surface area contributed by atoms with Gasteiger partial charge >= 0.3 is 0 Å². The smallest absolute Gasteiger partial charge is 0.0840 e. The third kappa shape index (κ3) is 1.91. The first-order valence-corrected chi connectivity index (χ1v) is 9.96. The summed E-state index contributed by atoms with van der Waals surface area (Å²) in [4.78, 5) is 2.82. The molecular weight excluding hydrogens is 272 g/mol. The Balaban J connectivity index is 1.43. The van der Waals surface area contributed by atoms with Crippen LogP contribution in [0.15, 0.2) is 0 Å². The minimum Gasteiger partial charge on any atom is -0.368 e. The molecule has 6 saturated heterocycles. The lowest BCUT2D eigenvalue weighted by Crippen LogP contribution is -2.74. The second-order valence-corrected chi connectivity index (χ2v) is 8.72. The van der Waals surface area contributed by atoms with Crippen LogP contribution in [0.25, 0.3) is 0 Å². The summed E-state index contributed by atoms with van der Waals surface area (Å²) in [6, 6.07) is 1.54. The number of hydrogen-bond donors (Lipinski definition) is 1. The van der Waals surface area contributed by atoms with Crippen LogP contribution in [-0.2, 0) is 4.74 Å². The summed E-state index contributed by atoms with van der Waals surface area (Å²) in [6.45, 7) is 6.16. The molecular formula is C19H32N2O. The van der Waals surface area contributed by atoms with Crippen molar-refractivity contribution in [1.29, 1.82) is 0 Å². The van der Waals surface area contributed by atoms with E-state index in [-0.39, 0.29) is 5.60 Å². The molecule has 0 radical (unpaired) electrons. The van der Waals surface area contributed by atoms with Crippen molar-refractivity contribution in [3.8, 4) is 0 Å². The topological polar surface area (TPSA) is 24.5 Å². The second kappa shape index (κ2) is 5.19. The maximum Gasteiger partial charge on any atom is 0.0840 e. The zero-order valence-corrected chi connectivity index (χ0v) is 14.1. The Bertz CT molecular complexity index is 439. The highest BCUT2D eigenvalue weighted by atomic mass is 16.5. The van der Waals surface area contributed by atoms with Crippen LogP contribution in [0.1, 0.15) is 58.3 Å². The summed E-state index contributed by atoms with van der Waals surface area (Å²) in [5, 5.41) is 3.82. The van der Waals surface area contributed by atoms with Crippen molar-refractivity contribution in [3.63, 3.8) is 0 Å². The lowest BCUT2D eigenvalue weighted by atomic mass is 9.62. The normalized spacial score (nSPS) is 56.9. The summed E-state index contributed by atoms with van der Waals surface area (Å²) in [6.07, 6.45) is 11.6. The van der Waals surface area contributed by atoms with Crippen LogP contribution in [0.2, 0.25) is 0 Å². The fraction of sp³-hybridized carbons (Fsp3) is 1.00. The molecule has 8 atom stereocenters. The number of fused-ring (bicyclic) bond motifs is 3. The first-order valence-electron chi connectivity index (χ1n) is 9.96. The molecule has 4 unspecified atom stereocenters. The van der Waals surface area contributed by atoms with Crippen molar-refractivity contribution < 1.29 is 4.74 Å². The Kier molecular flexibility index (Phi) is 3.36. The Hall–Kier alpha value is -0.120. The number of ether oxygens (including phenoxy) is 1. The van der Waals surface area contributed by atoms with Gasteiger partial charge in [0.2, 0.25) is 0 Å². The third-order valence-corrected chi connectivity index (χ3v) is 8.00. The van der Waals surface area contributed by atoms with Crippen LogP contribution in [0, 0.1) is 17.8 Å². The monoisotopic (exact) mass is 304 g/mol. The molecule has 1 aliphatic carbocycles. The highest BCUT2D eigenvalue weighted by Crippen LogP contribution is 2.53. The van der Waals surface area contributed by atoms with E-state index in [0.717, 1.165) is 29.8 Å². The molecule has 7 rings (SSSR count). The lowest BCUT2D eigenvalue weighted by Gasteiger charge is -2.66. The molecule has 4 bridgehead atoms. The maximum absolute atomic E-state index is 6.98. The van der Waals surface area contributed by atoms with Crippen molar-refractivity contribution in [2.45, 2.75) is 82.1 Å². The summed E-state index contributed by atoms with van der Waals surface area (Å²) in [5.41, 5.74) is 0.215. The van der Waals surface area contributed by atoms with Gasteiger partial charge in [0, 0.05) is 18.6 Å². The van der Waals surface area contributed by atoms with E-state index < -0.39 is 0 Å². The van der Waals surface area contributed by atoms with Crippen molar-refractivity contribution in [2.75, 3.05) is 19.6 Å². The van der Waals surface area contributed by atoms with Gasteiger partial charge in [-0.15, -0.1) is 0 Å². The lowest BCUT2D eigenvalue weighted by molar-refractivity contribution is -0.289. The van der Waals surface area contributed by atoms with E-state index >= 15 is 0 Å². The van der Waals surface area contributed by atoms with Crippen LogP contribution in [-0.4, -0.2) is 48.3 Å². The molecule has 1 saturated carbocycles. The number of hydrogen-bond acceptors (Lipinski definition) is 3. The fourth-order valence-electron chi connectivity index (χ4n) is 6.86. The zero-order valence-electron chi connectivity index (χ0n) is 14.1. The number of nitrogens with one attached hydrogen (secondary N) is 1. The van der Waals surface area contributed by atoms with Gasteiger partial charge in [-0.2, -0.15) is 0 Å². The molecule has 3 heteroatoms. The minimum atomic E-state index is 0.215. The molecule has 1 N–H and O–H groups in total. The Morgan fingerprint density at radius 3 is 2.86 bits per heavy atom. The summed E-state index contributed by atoms with van der Waals surface area (Å²) >= 11 is 0. The number of morpholine rings is 1. The number of rotatable bonds is 2. The van der Waals surface area contributed by atoms with E-state index in [9.17, 15) is 0 Å². The molecule has 124 valence electrons. The summed E-state index contributed by atoms with van der Waals surface area (Å²) in [5.74, 6) is 2.57. The summed E-state index contributed by atoms with van der Waals surface area (Å²) in [7, 11) is 0. The first-order chi connectivity index (χ1) is 10.8. The Morgan fingerprint density at radius 2 is 2.05 bits per heavy atom. The number of piperidine rings is 4. The van der Waals surface area contributed by atoms with Gasteiger partial charge in [-0.1, -0.05) is 19.8 Å². The van der Waals surface area contributed by atoms with Crippen LogP contribution in [0.3, 0.4) is 0 Å². The van der Waals surface area contributed by atoms with E-state index in [1.807, 2.05) is 0 Å². The van der Waals surface area contributed by atoms with E-state index in [2.05, 4.69) is 17.1 Å². The first kappa shape index (κ1) is 14.2. The quantitative estimate of drug-likeness (QED) is 0.849. The van der Waals surface area contributed by atoms with Gasteiger partial charge in [0.15, 0.2) is 0 Å². The largest absolute Gasteiger partial charge is 0.368 e. The zero-order chi connectivity index (χ0) is 14.7. The SMILES string of the molecule is CC[C@@]12CN3CC[C@H]1C[C@@H]3[C@H](C1CCNC3CCCCC31)O2. The number of nitrogens with zero attached hydrogens (tertiary/aromatic N) is 1. The van der Waals surface area contributed by atoms with E-state index in [1.54, 1.807) is 0 Å². The van der Waals surface area contributed by atoms with Crippen molar-refractivity contribution in [3.05, 3.63) is 0 Å². The molecule has 3 nitrogen and oxygen atoms in total. The molecule has 7 aliphatic rings. The van der Waals surface area contributed by atoms with Crippen molar-refractivity contribution >= 4 is 0 Å². The summed E-state index contributed by atoms with van der Waals surface area (Å²) < 4.78 is 6.98. The molecule has 6 aliphatic heterocycles. The van der Waals surface area contributed by atoms with Gasteiger partial charge in [0.05, 0.1) is 11.7 Å². The Morgan fingerprint density at radius 1 is 1.14 bits per heavy atom. The van der Waals surface area contributed by atoms with Gasteiger partial charge in [0.1, 0.15) is 0 Å². The van der Waals surface area contributed by atoms with Crippen LogP contribution in [0.4, 0.5) is 0 Å². The minimum absolute atomic E-state index is 0.215. The predicted octanol–water partition coefficient (Wildman–Crippen LogP) is 2.80. The third-order valence-electron chi connectivity index (χ3n) is 8.00. The van der Waals surface area contributed by atoms with Gasteiger partial charge in [-0.3, -0.25) is 4.90 Å². The predicted molar refractivity (Wildman–Crippen MR) is 87.8 cm³/mol. The van der Waals surface area contributed by atoms with Gasteiger partial charge in [-0.05, 0) is 69.4 Å². The van der Waals surface area contributed by atoms with Crippen LogP contribution in [0.5, 0.6) is 0 Å². The Labute approximate surface area is 135 Å². The molecule has 0 spiro atoms. The average molecular weight is 304 g/mol. The van der Waals surface area contributed by atoms with Crippen LogP contribution >= 0.6 is 0 Å². The van der Waals surface area contributed by atoms with Gasteiger partial charge in [0.25, 0.3) is 0 Å². The van der Waals surface area contributed by atoms with E-state index in [0.29, 0.717) is 6.10 Å². The molecule has 7 fully saturated rings. The fourth-order valence-corrected chi connectivity index (χ4v) is 6.86. The molecule has 22 heavy (non-hydrogen) atoms. The van der Waals surface area contributed by atoms with Gasteiger partial charge in [-0.25, -0.2) is 0 Å². The molecule has 0 aromatic rings. The maximum atomic E-state index is 6.98. The van der Waals surface area contributed by atoms with Crippen molar-refractivity contribution in [1.82, 2.24) is 10.2 Å².